The molecule has 16 heavy (non-hydrogen) atoms. The molecule has 0 bridgehead atoms. The highest BCUT2D eigenvalue weighted by molar-refractivity contribution is 4.84. The van der Waals surface area contributed by atoms with Gasteiger partial charge in [-0.3, -0.25) is 0 Å². The summed E-state index contributed by atoms with van der Waals surface area (Å²) in [6.45, 7) is 9.91. The molecule has 1 saturated heterocycles. The van der Waals surface area contributed by atoms with E-state index >= 15 is 0 Å². The van der Waals surface area contributed by atoms with Crippen LogP contribution in [-0.2, 0) is 0 Å². The smallest absolute Gasteiger partial charge is 0.0166 e. The average Bonchev–Trinajstić information content (AvgIpc) is 2.88. The largest absolute Gasteiger partial charge is 0.312 e. The van der Waals surface area contributed by atoms with Gasteiger partial charge in [0.25, 0.3) is 0 Å². The van der Waals surface area contributed by atoms with Crippen LogP contribution in [0.5, 0.6) is 0 Å². The van der Waals surface area contributed by atoms with Gasteiger partial charge in [-0.2, -0.15) is 0 Å². The molecule has 2 fully saturated rings. The number of rotatable bonds is 5. The molecule has 0 aromatic rings. The Morgan fingerprint density at radius 2 is 1.75 bits per heavy atom. The lowest BCUT2D eigenvalue weighted by atomic mass is 9.89. The lowest BCUT2D eigenvalue weighted by Gasteiger charge is -2.28. The van der Waals surface area contributed by atoms with E-state index in [0.29, 0.717) is 11.5 Å². The summed E-state index contributed by atoms with van der Waals surface area (Å²) in [4.78, 5) is 2.61. The van der Waals surface area contributed by atoms with E-state index in [2.05, 4.69) is 24.1 Å². The third-order valence-electron chi connectivity index (χ3n) is 4.42. The molecule has 1 aliphatic heterocycles. The van der Waals surface area contributed by atoms with Crippen LogP contribution in [0.1, 0.15) is 52.4 Å². The van der Waals surface area contributed by atoms with Crippen molar-refractivity contribution in [2.75, 3.05) is 26.2 Å². The lowest BCUT2D eigenvalue weighted by Crippen LogP contribution is -2.42. The Bertz CT molecular complexity index is 203. The quantitative estimate of drug-likeness (QED) is 0.772. The van der Waals surface area contributed by atoms with Crippen molar-refractivity contribution in [3.8, 4) is 0 Å². The summed E-state index contributed by atoms with van der Waals surface area (Å²) in [6, 6.07) is 0.663. The summed E-state index contributed by atoms with van der Waals surface area (Å²) in [5.74, 6) is 0. The van der Waals surface area contributed by atoms with Gasteiger partial charge in [0.1, 0.15) is 0 Å². The van der Waals surface area contributed by atoms with Crippen molar-refractivity contribution in [2.45, 2.75) is 58.4 Å². The first-order valence-corrected chi connectivity index (χ1v) is 7.14. The third-order valence-corrected chi connectivity index (χ3v) is 4.42. The van der Waals surface area contributed by atoms with Crippen LogP contribution in [0.2, 0.25) is 0 Å². The summed E-state index contributed by atoms with van der Waals surface area (Å²) in [5, 5.41) is 3.75. The van der Waals surface area contributed by atoms with Crippen LogP contribution in [-0.4, -0.2) is 37.1 Å². The van der Waals surface area contributed by atoms with Crippen LogP contribution in [0.25, 0.3) is 0 Å². The zero-order valence-electron chi connectivity index (χ0n) is 11.1. The maximum atomic E-state index is 3.75. The van der Waals surface area contributed by atoms with Crippen LogP contribution in [0.3, 0.4) is 0 Å². The van der Waals surface area contributed by atoms with E-state index in [-0.39, 0.29) is 0 Å². The first-order valence-electron chi connectivity index (χ1n) is 7.14. The first-order chi connectivity index (χ1) is 7.68. The fourth-order valence-corrected chi connectivity index (χ4v) is 3.24. The summed E-state index contributed by atoms with van der Waals surface area (Å²) in [7, 11) is 0. The van der Waals surface area contributed by atoms with Gasteiger partial charge >= 0.3 is 0 Å². The highest BCUT2D eigenvalue weighted by Crippen LogP contribution is 2.36. The Morgan fingerprint density at radius 3 is 2.38 bits per heavy atom. The van der Waals surface area contributed by atoms with Gasteiger partial charge in [-0.15, -0.1) is 0 Å². The number of nitrogens with one attached hydrogen (secondary N) is 1. The minimum absolute atomic E-state index is 0.596. The molecule has 2 aliphatic rings. The predicted molar refractivity (Wildman–Crippen MR) is 69.7 cm³/mol. The summed E-state index contributed by atoms with van der Waals surface area (Å²) < 4.78 is 0. The number of nitrogens with zero attached hydrogens (tertiary/aromatic N) is 1. The van der Waals surface area contributed by atoms with E-state index in [1.165, 1.54) is 64.7 Å². The van der Waals surface area contributed by atoms with E-state index in [9.17, 15) is 0 Å². The van der Waals surface area contributed by atoms with Gasteiger partial charge < -0.3 is 10.2 Å². The van der Waals surface area contributed by atoms with Crippen molar-refractivity contribution < 1.29 is 0 Å². The topological polar surface area (TPSA) is 15.3 Å². The molecule has 0 aromatic heterocycles. The van der Waals surface area contributed by atoms with Gasteiger partial charge in [0, 0.05) is 19.1 Å². The average molecular weight is 224 g/mol. The normalized spacial score (nSPS) is 27.4. The fourth-order valence-electron chi connectivity index (χ4n) is 3.24. The van der Waals surface area contributed by atoms with Crippen molar-refractivity contribution in [3.63, 3.8) is 0 Å². The summed E-state index contributed by atoms with van der Waals surface area (Å²) in [6.07, 6.45) is 8.55. The molecule has 0 aromatic carbocycles. The highest BCUT2D eigenvalue weighted by atomic mass is 15.2. The Kier molecular flexibility index (Phi) is 4.26. The van der Waals surface area contributed by atoms with Gasteiger partial charge in [0.15, 0.2) is 0 Å². The molecular formula is C14H28N2. The molecule has 2 nitrogen and oxygen atoms in total. The molecule has 2 rings (SSSR count). The van der Waals surface area contributed by atoms with Gasteiger partial charge in [-0.25, -0.2) is 0 Å². The molecule has 1 saturated carbocycles. The Labute approximate surface area is 101 Å². The molecule has 1 N–H and O–H groups in total. The van der Waals surface area contributed by atoms with Crippen LogP contribution in [0, 0.1) is 5.41 Å². The standard InChI is InChI=1S/C14H28N2/c1-13(11-16-9-5-6-10-16)15-12-14(2)7-3-4-8-14/h13,15H,3-12H2,1-2H3. The molecule has 1 unspecified atom stereocenters. The third kappa shape index (κ3) is 3.46. The van der Waals surface area contributed by atoms with Crippen molar-refractivity contribution in [1.29, 1.82) is 0 Å². The van der Waals surface area contributed by atoms with Crippen LogP contribution < -0.4 is 5.32 Å². The van der Waals surface area contributed by atoms with Crippen molar-refractivity contribution in [1.82, 2.24) is 10.2 Å². The van der Waals surface area contributed by atoms with E-state index < -0.39 is 0 Å². The maximum Gasteiger partial charge on any atom is 0.0166 e. The molecule has 1 atom stereocenters. The zero-order valence-corrected chi connectivity index (χ0v) is 11.1. The Morgan fingerprint density at radius 1 is 1.12 bits per heavy atom. The van der Waals surface area contributed by atoms with Gasteiger partial charge in [-0.05, 0) is 51.1 Å². The molecule has 0 spiro atoms. The SMILES string of the molecule is CC(CN1CCCC1)NCC1(C)CCCC1. The van der Waals surface area contributed by atoms with Crippen molar-refractivity contribution >= 4 is 0 Å². The monoisotopic (exact) mass is 224 g/mol. The predicted octanol–water partition coefficient (Wildman–Crippen LogP) is 2.64. The minimum Gasteiger partial charge on any atom is -0.312 e. The van der Waals surface area contributed by atoms with Crippen LogP contribution in [0.4, 0.5) is 0 Å². The Hall–Kier alpha value is -0.0800. The molecule has 1 heterocycles. The minimum atomic E-state index is 0.596. The maximum absolute atomic E-state index is 3.75. The lowest BCUT2D eigenvalue weighted by molar-refractivity contribution is 0.259. The highest BCUT2D eigenvalue weighted by Gasteiger charge is 2.28. The number of hydrogen-bond donors (Lipinski definition) is 1. The van der Waals surface area contributed by atoms with Gasteiger partial charge in [0.05, 0.1) is 0 Å². The van der Waals surface area contributed by atoms with Crippen molar-refractivity contribution in [3.05, 3.63) is 0 Å². The number of hydrogen-bond acceptors (Lipinski definition) is 2. The van der Waals surface area contributed by atoms with Gasteiger partial charge in [0.2, 0.25) is 0 Å². The molecule has 0 amide bonds. The van der Waals surface area contributed by atoms with E-state index in [1.807, 2.05) is 0 Å². The second kappa shape index (κ2) is 5.50. The Balaban J connectivity index is 1.64. The second-order valence-electron chi connectivity index (χ2n) is 6.31. The fraction of sp³-hybridized carbons (Fsp3) is 1.00. The molecule has 2 heteroatoms. The van der Waals surface area contributed by atoms with Gasteiger partial charge in [-0.1, -0.05) is 19.8 Å². The van der Waals surface area contributed by atoms with Crippen LogP contribution in [0.15, 0.2) is 0 Å². The van der Waals surface area contributed by atoms with E-state index in [0.717, 1.165) is 0 Å². The molecule has 94 valence electrons. The van der Waals surface area contributed by atoms with E-state index in [4.69, 9.17) is 0 Å². The summed E-state index contributed by atoms with van der Waals surface area (Å²) >= 11 is 0. The summed E-state index contributed by atoms with van der Waals surface area (Å²) in [5.41, 5.74) is 0.596. The number of likely N-dealkylation sites (tertiary alicyclic amines) is 1. The van der Waals surface area contributed by atoms with Crippen LogP contribution >= 0.6 is 0 Å². The molecular weight excluding hydrogens is 196 g/mol. The van der Waals surface area contributed by atoms with Crippen molar-refractivity contribution in [2.24, 2.45) is 5.41 Å². The molecule has 1 aliphatic carbocycles. The van der Waals surface area contributed by atoms with E-state index in [1.54, 1.807) is 0 Å². The second-order valence-corrected chi connectivity index (χ2v) is 6.31. The zero-order chi connectivity index (χ0) is 11.4. The molecule has 0 radical (unpaired) electrons. The first kappa shape index (κ1) is 12.4.